The van der Waals surface area contributed by atoms with Gasteiger partial charge in [0, 0.05) is 6.42 Å². The van der Waals surface area contributed by atoms with Crippen LogP contribution in [0.15, 0.2) is 0 Å². The molecule has 2 fully saturated rings. The Hall–Kier alpha value is -1.47. The smallest absolute Gasteiger partial charge is 0.305 e. The summed E-state index contributed by atoms with van der Waals surface area (Å²) in [7, 11) is 0. The third-order valence-corrected chi connectivity index (χ3v) is 3.83. The maximum Gasteiger partial charge on any atom is 0.305 e. The van der Waals surface area contributed by atoms with Crippen LogP contribution in [-0.4, -0.2) is 106 Å². The van der Waals surface area contributed by atoms with E-state index in [9.17, 15) is 24.6 Å². The van der Waals surface area contributed by atoms with E-state index in [0.29, 0.717) is 0 Å². The molecule has 2 unspecified atom stereocenters. The lowest BCUT2D eigenvalue weighted by Crippen LogP contribution is -2.52. The molecule has 2 aliphatic heterocycles. The van der Waals surface area contributed by atoms with Gasteiger partial charge in [0.05, 0.1) is 6.61 Å². The van der Waals surface area contributed by atoms with Gasteiger partial charge in [-0.3, -0.25) is 14.4 Å². The minimum Gasteiger partial charge on any atom is -0.463 e. The fraction of sp³-hybridized carbons (Fsp3) is 0.800. The average molecular weight is 380 g/mol. The number of carbonyl (C=O) groups excluding carboxylic acids is 3. The third-order valence-electron chi connectivity index (χ3n) is 3.83. The Morgan fingerprint density at radius 2 is 1.46 bits per heavy atom. The van der Waals surface area contributed by atoms with E-state index >= 15 is 0 Å². The molecule has 5 N–H and O–H groups in total. The second-order valence-corrected chi connectivity index (χ2v) is 5.72. The summed E-state index contributed by atoms with van der Waals surface area (Å²) in [6.45, 7) is 0.568. The van der Waals surface area contributed by atoms with Crippen LogP contribution in [0.4, 0.5) is 0 Å². The van der Waals surface area contributed by atoms with Crippen molar-refractivity contribution in [1.29, 1.82) is 0 Å². The van der Waals surface area contributed by atoms with E-state index in [0.717, 1.165) is 0 Å². The van der Waals surface area contributed by atoms with E-state index in [2.05, 4.69) is 0 Å². The van der Waals surface area contributed by atoms with Crippen molar-refractivity contribution in [2.24, 2.45) is 0 Å². The number of rotatable bonds is 4. The average Bonchev–Trinajstić information content (AvgIpc) is 2.64. The maximum atomic E-state index is 10.9. The molecule has 2 saturated heterocycles. The first-order valence-electron chi connectivity index (χ1n) is 8.00. The van der Waals surface area contributed by atoms with Crippen molar-refractivity contribution in [3.63, 3.8) is 0 Å². The number of hydrogen-bond acceptors (Lipinski definition) is 11. The summed E-state index contributed by atoms with van der Waals surface area (Å²) in [5.74, 6) is -1.54. The van der Waals surface area contributed by atoms with Gasteiger partial charge in [-0.05, 0) is 0 Å². The first kappa shape index (κ1) is 22.6. The summed E-state index contributed by atoms with van der Waals surface area (Å²) >= 11 is 0. The van der Waals surface area contributed by atoms with E-state index in [-0.39, 0.29) is 26.2 Å². The molecule has 2 aliphatic rings. The van der Waals surface area contributed by atoms with Crippen molar-refractivity contribution < 1.29 is 54.1 Å². The van der Waals surface area contributed by atoms with Gasteiger partial charge in [0.25, 0.3) is 0 Å². The molecule has 0 aliphatic carbocycles. The summed E-state index contributed by atoms with van der Waals surface area (Å²) in [5, 5.41) is 45.2. The van der Waals surface area contributed by atoms with Crippen LogP contribution < -0.4 is 0 Å². The standard InChI is InChI=1S/C9H14O6.C6H10O5/c1-2-7(11)15-4-6-9(13)8(12)5(10)3-14-6;7-1-4-6(10)5(9)3(8)2-11-4/h6,8-9,12-13H,2-4H2,1H3;4-7,9-10H,1-2H2/t6?,8-,9+;4?,5-,6+/m00/s1. The fourth-order valence-corrected chi connectivity index (χ4v) is 2.12. The predicted molar refractivity (Wildman–Crippen MR) is 81.9 cm³/mol. The molecule has 0 radical (unpaired) electrons. The van der Waals surface area contributed by atoms with Crippen molar-refractivity contribution in [3.05, 3.63) is 0 Å². The van der Waals surface area contributed by atoms with Crippen LogP contribution in [0, 0.1) is 0 Å². The van der Waals surface area contributed by atoms with Gasteiger partial charge in [0.1, 0.15) is 56.4 Å². The molecular weight excluding hydrogens is 356 g/mol. The first-order valence-corrected chi connectivity index (χ1v) is 8.00. The number of carbonyl (C=O) groups is 3. The molecule has 150 valence electrons. The highest BCUT2D eigenvalue weighted by atomic mass is 16.6. The lowest BCUT2D eigenvalue weighted by atomic mass is 10.0. The molecule has 0 aromatic heterocycles. The summed E-state index contributed by atoms with van der Waals surface area (Å²) in [6, 6.07) is 0. The highest BCUT2D eigenvalue weighted by Gasteiger charge is 2.38. The van der Waals surface area contributed by atoms with E-state index in [1.165, 1.54) is 0 Å². The van der Waals surface area contributed by atoms with E-state index < -0.39 is 60.8 Å². The number of aliphatic hydroxyl groups is 5. The Bertz CT molecular complexity index is 494. The molecule has 0 saturated carbocycles. The summed E-state index contributed by atoms with van der Waals surface area (Å²) in [4.78, 5) is 32.4. The van der Waals surface area contributed by atoms with Crippen molar-refractivity contribution in [2.45, 2.75) is 50.0 Å². The zero-order valence-electron chi connectivity index (χ0n) is 14.2. The largest absolute Gasteiger partial charge is 0.463 e. The predicted octanol–water partition coefficient (Wildman–Crippen LogP) is -3.70. The van der Waals surface area contributed by atoms with Gasteiger partial charge in [0.15, 0.2) is 11.6 Å². The highest BCUT2D eigenvalue weighted by molar-refractivity contribution is 5.85. The first-order chi connectivity index (χ1) is 12.2. The molecule has 0 bridgehead atoms. The monoisotopic (exact) mass is 380 g/mol. The normalized spacial score (nSPS) is 34.7. The maximum absolute atomic E-state index is 10.9. The summed E-state index contributed by atoms with van der Waals surface area (Å²) in [5.41, 5.74) is 0. The Kier molecular flexibility index (Phi) is 9.22. The van der Waals surface area contributed by atoms with Crippen LogP contribution in [0.25, 0.3) is 0 Å². The topological polar surface area (TPSA) is 180 Å². The zero-order chi connectivity index (χ0) is 19.9. The van der Waals surface area contributed by atoms with E-state index in [1.54, 1.807) is 6.92 Å². The van der Waals surface area contributed by atoms with E-state index in [4.69, 9.17) is 29.5 Å². The Morgan fingerprint density at radius 1 is 1.00 bits per heavy atom. The van der Waals surface area contributed by atoms with Gasteiger partial charge in [-0.15, -0.1) is 0 Å². The number of Topliss-reactive ketones (excluding diaryl/α,β-unsaturated/α-hetero) is 2. The van der Waals surface area contributed by atoms with Gasteiger partial charge in [-0.2, -0.15) is 0 Å². The molecule has 0 amide bonds. The van der Waals surface area contributed by atoms with Gasteiger partial charge >= 0.3 is 5.97 Å². The third kappa shape index (κ3) is 6.06. The van der Waals surface area contributed by atoms with Crippen LogP contribution in [0.3, 0.4) is 0 Å². The van der Waals surface area contributed by atoms with Crippen LogP contribution in [-0.2, 0) is 28.6 Å². The van der Waals surface area contributed by atoms with Crippen LogP contribution in [0.1, 0.15) is 13.3 Å². The summed E-state index contributed by atoms with van der Waals surface area (Å²) < 4.78 is 14.4. The molecule has 6 atom stereocenters. The van der Waals surface area contributed by atoms with Crippen LogP contribution in [0.2, 0.25) is 0 Å². The minimum atomic E-state index is -1.45. The summed E-state index contributed by atoms with van der Waals surface area (Å²) in [6.07, 6.45) is -6.97. The number of aliphatic hydroxyl groups excluding tert-OH is 5. The van der Waals surface area contributed by atoms with Gasteiger partial charge < -0.3 is 39.7 Å². The van der Waals surface area contributed by atoms with Crippen molar-refractivity contribution in [2.75, 3.05) is 26.4 Å². The number of ketones is 2. The molecule has 0 aromatic rings. The SMILES string of the molecule is CCC(=O)OCC1OCC(=O)[C@H](O)[C@@H]1O.O=C1COC(CO)[C@@H](O)[C@H]1O. The van der Waals surface area contributed by atoms with Crippen molar-refractivity contribution >= 4 is 17.5 Å². The second kappa shape index (κ2) is 10.6. The highest BCUT2D eigenvalue weighted by Crippen LogP contribution is 2.13. The zero-order valence-corrected chi connectivity index (χ0v) is 14.2. The molecule has 11 nitrogen and oxygen atoms in total. The van der Waals surface area contributed by atoms with Crippen molar-refractivity contribution in [3.8, 4) is 0 Å². The molecule has 0 spiro atoms. The van der Waals surface area contributed by atoms with Crippen LogP contribution >= 0.6 is 0 Å². The number of esters is 1. The quantitative estimate of drug-likeness (QED) is 0.303. The minimum absolute atomic E-state index is 0.155. The van der Waals surface area contributed by atoms with E-state index in [1.807, 2.05) is 0 Å². The number of hydrogen-bond donors (Lipinski definition) is 5. The molecular formula is C15H24O11. The molecule has 0 aromatic carbocycles. The molecule has 2 rings (SSSR count). The Balaban J connectivity index is 0.000000273. The molecule has 11 heteroatoms. The number of ether oxygens (including phenoxy) is 3. The van der Waals surface area contributed by atoms with Gasteiger partial charge in [-0.25, -0.2) is 0 Å². The van der Waals surface area contributed by atoms with Crippen molar-refractivity contribution in [1.82, 2.24) is 0 Å². The second-order valence-electron chi connectivity index (χ2n) is 5.72. The van der Waals surface area contributed by atoms with Gasteiger partial charge in [0.2, 0.25) is 0 Å². The Morgan fingerprint density at radius 3 is 1.92 bits per heavy atom. The lowest BCUT2D eigenvalue weighted by Gasteiger charge is -2.30. The molecule has 26 heavy (non-hydrogen) atoms. The lowest BCUT2D eigenvalue weighted by molar-refractivity contribution is -0.177. The fourth-order valence-electron chi connectivity index (χ4n) is 2.12. The Labute approximate surface area is 149 Å². The van der Waals surface area contributed by atoms with Crippen LogP contribution in [0.5, 0.6) is 0 Å². The van der Waals surface area contributed by atoms with Gasteiger partial charge in [-0.1, -0.05) is 6.92 Å². The molecule has 2 heterocycles.